The quantitative estimate of drug-likeness (QED) is 0.710. The Balaban J connectivity index is 1.62. The first-order valence-electron chi connectivity index (χ1n) is 8.18. The predicted molar refractivity (Wildman–Crippen MR) is 101 cm³/mol. The zero-order valence-electron chi connectivity index (χ0n) is 14.7. The van der Waals surface area contributed by atoms with E-state index in [2.05, 4.69) is 10.6 Å². The van der Waals surface area contributed by atoms with Crippen molar-refractivity contribution in [2.75, 3.05) is 19.5 Å². The van der Waals surface area contributed by atoms with E-state index in [1.165, 1.54) is 0 Å². The van der Waals surface area contributed by atoms with Gasteiger partial charge in [-0.3, -0.25) is 0 Å². The largest absolute Gasteiger partial charge is 0.497 e. The molecule has 0 saturated carbocycles. The summed E-state index contributed by atoms with van der Waals surface area (Å²) in [4.78, 5) is 12.2. The number of nitrogens with one attached hydrogen (secondary N) is 2. The van der Waals surface area contributed by atoms with E-state index in [1.54, 1.807) is 20.3 Å². The number of urea groups is 1. The molecule has 1 heterocycles. The number of anilines is 1. The number of rotatable bonds is 6. The lowest BCUT2D eigenvalue weighted by molar-refractivity contribution is 0.251. The van der Waals surface area contributed by atoms with Crippen LogP contribution in [0.2, 0.25) is 0 Å². The molecular weight excluding hydrogens is 330 g/mol. The molecule has 0 fully saturated rings. The summed E-state index contributed by atoms with van der Waals surface area (Å²) in [6, 6.07) is 16.8. The van der Waals surface area contributed by atoms with Gasteiger partial charge in [-0.15, -0.1) is 0 Å². The third-order valence-corrected chi connectivity index (χ3v) is 3.87. The molecule has 2 aromatic carbocycles. The second-order valence-electron chi connectivity index (χ2n) is 5.67. The fraction of sp³-hybridized carbons (Fsp3) is 0.150. The molecule has 0 saturated heterocycles. The zero-order chi connectivity index (χ0) is 18.4. The normalized spacial score (nSPS) is 10.2. The van der Waals surface area contributed by atoms with Gasteiger partial charge in [-0.05, 0) is 48.0 Å². The minimum absolute atomic E-state index is 0.281. The van der Waals surface area contributed by atoms with Crippen molar-refractivity contribution in [3.05, 3.63) is 72.6 Å². The van der Waals surface area contributed by atoms with Gasteiger partial charge >= 0.3 is 6.03 Å². The molecule has 0 aliphatic rings. The number of hydrogen-bond acceptors (Lipinski definition) is 3. The van der Waals surface area contributed by atoms with Gasteiger partial charge in [-0.2, -0.15) is 0 Å². The highest BCUT2D eigenvalue weighted by molar-refractivity contribution is 5.89. The highest BCUT2D eigenvalue weighted by Crippen LogP contribution is 2.22. The minimum atomic E-state index is -0.281. The van der Waals surface area contributed by atoms with E-state index in [1.807, 2.05) is 65.5 Å². The fourth-order valence-corrected chi connectivity index (χ4v) is 2.58. The van der Waals surface area contributed by atoms with Crippen LogP contribution >= 0.6 is 0 Å². The van der Waals surface area contributed by atoms with Gasteiger partial charge in [0, 0.05) is 36.4 Å². The first-order valence-corrected chi connectivity index (χ1v) is 8.18. The van der Waals surface area contributed by atoms with E-state index in [0.29, 0.717) is 18.0 Å². The van der Waals surface area contributed by atoms with E-state index >= 15 is 0 Å². The van der Waals surface area contributed by atoms with Crippen molar-refractivity contribution in [3.63, 3.8) is 0 Å². The van der Waals surface area contributed by atoms with Crippen molar-refractivity contribution in [3.8, 4) is 17.2 Å². The number of benzene rings is 2. The number of aromatic nitrogens is 1. The Hall–Kier alpha value is -3.41. The smallest absolute Gasteiger partial charge is 0.319 e. The summed E-state index contributed by atoms with van der Waals surface area (Å²) in [7, 11) is 3.19. The van der Waals surface area contributed by atoms with Gasteiger partial charge in [-0.1, -0.05) is 6.07 Å². The third kappa shape index (κ3) is 4.36. The van der Waals surface area contributed by atoms with Gasteiger partial charge < -0.3 is 24.7 Å². The highest BCUT2D eigenvalue weighted by atomic mass is 16.5. The molecule has 0 atom stereocenters. The Morgan fingerprint density at radius 1 is 0.962 bits per heavy atom. The van der Waals surface area contributed by atoms with E-state index < -0.39 is 0 Å². The third-order valence-electron chi connectivity index (χ3n) is 3.87. The van der Waals surface area contributed by atoms with E-state index in [9.17, 15) is 4.79 Å². The van der Waals surface area contributed by atoms with Crippen LogP contribution in [0.4, 0.5) is 10.5 Å². The fourth-order valence-electron chi connectivity index (χ4n) is 2.58. The number of methoxy groups -OCH3 is 2. The first kappa shape index (κ1) is 17.4. The van der Waals surface area contributed by atoms with Crippen LogP contribution in [-0.4, -0.2) is 24.8 Å². The molecule has 3 aromatic rings. The molecule has 1 aromatic heterocycles. The van der Waals surface area contributed by atoms with E-state index in [-0.39, 0.29) is 6.03 Å². The lowest BCUT2D eigenvalue weighted by Gasteiger charge is -2.11. The topological polar surface area (TPSA) is 64.5 Å². The molecule has 26 heavy (non-hydrogen) atoms. The number of ether oxygens (including phenoxy) is 2. The molecule has 0 unspecified atom stereocenters. The molecule has 6 heteroatoms. The average Bonchev–Trinajstić information content (AvgIpc) is 3.21. The van der Waals surface area contributed by atoms with Crippen LogP contribution in [0, 0.1) is 0 Å². The van der Waals surface area contributed by atoms with Gasteiger partial charge in [0.05, 0.1) is 14.2 Å². The van der Waals surface area contributed by atoms with Crippen LogP contribution in [0.1, 0.15) is 5.56 Å². The number of hydrogen-bond donors (Lipinski definition) is 2. The Morgan fingerprint density at radius 3 is 2.31 bits per heavy atom. The lowest BCUT2D eigenvalue weighted by atomic mass is 10.2. The highest BCUT2D eigenvalue weighted by Gasteiger charge is 2.06. The summed E-state index contributed by atoms with van der Waals surface area (Å²) in [6.45, 7) is 0.358. The van der Waals surface area contributed by atoms with Crippen molar-refractivity contribution < 1.29 is 14.3 Å². The van der Waals surface area contributed by atoms with Crippen molar-refractivity contribution in [1.29, 1.82) is 0 Å². The monoisotopic (exact) mass is 351 g/mol. The molecule has 0 bridgehead atoms. The molecule has 0 aliphatic carbocycles. The number of amides is 2. The van der Waals surface area contributed by atoms with Crippen molar-refractivity contribution in [2.24, 2.45) is 0 Å². The van der Waals surface area contributed by atoms with Gasteiger partial charge in [0.25, 0.3) is 0 Å². The molecule has 134 valence electrons. The van der Waals surface area contributed by atoms with Crippen LogP contribution in [0.3, 0.4) is 0 Å². The molecule has 0 aliphatic heterocycles. The summed E-state index contributed by atoms with van der Waals surface area (Å²) in [5.74, 6) is 1.36. The maximum Gasteiger partial charge on any atom is 0.319 e. The number of carbonyl (C=O) groups excluding carboxylic acids is 1. The molecule has 6 nitrogen and oxygen atoms in total. The molecule has 3 rings (SSSR count). The second kappa shape index (κ2) is 8.11. The molecule has 2 N–H and O–H groups in total. The van der Waals surface area contributed by atoms with Crippen molar-refractivity contribution >= 4 is 11.7 Å². The van der Waals surface area contributed by atoms with Gasteiger partial charge in [0.1, 0.15) is 11.5 Å². The van der Waals surface area contributed by atoms with Gasteiger partial charge in [0.15, 0.2) is 0 Å². The van der Waals surface area contributed by atoms with Crippen molar-refractivity contribution in [2.45, 2.75) is 6.54 Å². The summed E-state index contributed by atoms with van der Waals surface area (Å²) in [6.07, 6.45) is 3.91. The summed E-state index contributed by atoms with van der Waals surface area (Å²) in [5, 5.41) is 5.68. The van der Waals surface area contributed by atoms with E-state index in [4.69, 9.17) is 9.47 Å². The molecule has 0 radical (unpaired) electrons. The number of carbonyl (C=O) groups is 1. The van der Waals surface area contributed by atoms with Crippen LogP contribution in [0.15, 0.2) is 67.0 Å². The summed E-state index contributed by atoms with van der Waals surface area (Å²) < 4.78 is 12.5. The van der Waals surface area contributed by atoms with Gasteiger partial charge in [-0.25, -0.2) is 4.79 Å². The Morgan fingerprint density at radius 2 is 1.65 bits per heavy atom. The predicted octanol–water partition coefficient (Wildman–Crippen LogP) is 3.82. The molecule has 0 spiro atoms. The van der Waals surface area contributed by atoms with Crippen LogP contribution in [0.5, 0.6) is 11.5 Å². The maximum absolute atomic E-state index is 12.2. The average molecular weight is 351 g/mol. The lowest BCUT2D eigenvalue weighted by Crippen LogP contribution is -2.28. The first-order chi connectivity index (χ1) is 12.7. The second-order valence-corrected chi connectivity index (χ2v) is 5.67. The van der Waals surface area contributed by atoms with E-state index in [0.717, 1.165) is 16.9 Å². The van der Waals surface area contributed by atoms with Crippen molar-refractivity contribution in [1.82, 2.24) is 9.88 Å². The van der Waals surface area contributed by atoms with Gasteiger partial charge in [0.2, 0.25) is 0 Å². The number of nitrogens with zero attached hydrogens (tertiary/aromatic N) is 1. The maximum atomic E-state index is 12.2. The van der Waals surface area contributed by atoms with Crippen LogP contribution in [0.25, 0.3) is 5.69 Å². The Kier molecular flexibility index (Phi) is 5.43. The zero-order valence-corrected chi connectivity index (χ0v) is 14.7. The SMILES string of the molecule is COc1cc(CNC(=O)Nc2cccc(-n3cccc3)c2)cc(OC)c1. The Bertz CT molecular complexity index is 854. The minimum Gasteiger partial charge on any atom is -0.497 e. The van der Waals surface area contributed by atoms with Crippen LogP contribution < -0.4 is 20.1 Å². The Labute approximate surface area is 152 Å². The standard InChI is InChI=1S/C20H21N3O3/c1-25-18-10-15(11-19(13-18)26-2)14-21-20(24)22-16-6-5-7-17(12-16)23-8-3-4-9-23/h3-13H,14H2,1-2H3,(H2,21,22,24). The summed E-state index contributed by atoms with van der Waals surface area (Å²) >= 11 is 0. The molecule has 2 amide bonds. The molecular formula is C20H21N3O3. The summed E-state index contributed by atoms with van der Waals surface area (Å²) in [5.41, 5.74) is 2.58. The van der Waals surface area contributed by atoms with Crippen LogP contribution in [-0.2, 0) is 6.54 Å².